The van der Waals surface area contributed by atoms with Crippen LogP contribution in [-0.4, -0.2) is 17.3 Å². The lowest BCUT2D eigenvalue weighted by molar-refractivity contribution is 0.159. The van der Waals surface area contributed by atoms with Crippen LogP contribution in [0.15, 0.2) is 35.1 Å². The topological polar surface area (TPSA) is 40.5 Å². The summed E-state index contributed by atoms with van der Waals surface area (Å²) in [4.78, 5) is 13.3. The minimum absolute atomic E-state index is 0.000848. The third kappa shape index (κ3) is 2.17. The van der Waals surface area contributed by atoms with Gasteiger partial charge in [-0.25, -0.2) is 0 Å². The Bertz CT molecular complexity index is 1120. The second-order valence-corrected chi connectivity index (χ2v) is 7.11. The fraction of sp³-hybridized carbons (Fsp3) is 0.286. The first-order chi connectivity index (χ1) is 11.8. The minimum atomic E-state index is -0.391. The predicted molar refractivity (Wildman–Crippen MR) is 102 cm³/mol. The van der Waals surface area contributed by atoms with Crippen LogP contribution in [0.4, 0.5) is 0 Å². The zero-order chi connectivity index (χ0) is 17.9. The Balaban J connectivity index is 2.28. The molecular weight excluding hydrogens is 314 g/mol. The van der Waals surface area contributed by atoms with Gasteiger partial charge >= 0.3 is 0 Å². The molecule has 1 aliphatic rings. The Morgan fingerprint density at radius 1 is 1.20 bits per heavy atom. The summed E-state index contributed by atoms with van der Waals surface area (Å²) in [7, 11) is 3.57. The maximum Gasteiger partial charge on any atom is 0.201 e. The fourth-order valence-electron chi connectivity index (χ4n) is 3.69. The highest BCUT2D eigenvalue weighted by Crippen LogP contribution is 2.40. The first-order valence-electron chi connectivity index (χ1n) is 8.35. The summed E-state index contributed by atoms with van der Waals surface area (Å²) in [6, 6.07) is 7.75. The van der Waals surface area contributed by atoms with E-state index in [9.17, 15) is 4.79 Å². The van der Waals surface area contributed by atoms with Crippen LogP contribution in [0.3, 0.4) is 0 Å². The summed E-state index contributed by atoms with van der Waals surface area (Å²) in [5.41, 5.74) is 3.23. The first kappa shape index (κ1) is 15.8. The molecule has 3 aromatic rings. The fourth-order valence-corrected chi connectivity index (χ4v) is 3.69. The molecule has 0 spiro atoms. The normalized spacial score (nSPS) is 15.2. The van der Waals surface area contributed by atoms with E-state index in [1.165, 1.54) is 0 Å². The molecule has 0 bridgehead atoms. The van der Waals surface area contributed by atoms with E-state index < -0.39 is 5.60 Å². The molecule has 4 rings (SSSR count). The summed E-state index contributed by atoms with van der Waals surface area (Å²) >= 11 is 0. The molecule has 0 atom stereocenters. The number of fused-ring (bicyclic) bond motifs is 4. The summed E-state index contributed by atoms with van der Waals surface area (Å²) in [6.07, 6.45) is 4.06. The number of hydrogen-bond donors (Lipinski definition) is 0. The van der Waals surface area contributed by atoms with Crippen molar-refractivity contribution in [3.8, 4) is 11.5 Å². The van der Waals surface area contributed by atoms with Gasteiger partial charge in [-0.1, -0.05) is 12.1 Å². The molecule has 0 unspecified atom stereocenters. The molecule has 0 fully saturated rings. The maximum absolute atomic E-state index is 13.3. The lowest BCUT2D eigenvalue weighted by Crippen LogP contribution is -2.28. The number of pyridine rings is 1. The molecule has 128 valence electrons. The van der Waals surface area contributed by atoms with Crippen molar-refractivity contribution in [2.24, 2.45) is 7.05 Å². The Morgan fingerprint density at radius 3 is 2.68 bits per heavy atom. The number of nitrogens with zero attached hydrogens (tertiary/aromatic N) is 1. The van der Waals surface area contributed by atoms with E-state index in [1.54, 1.807) is 7.11 Å². The second-order valence-electron chi connectivity index (χ2n) is 7.11. The van der Waals surface area contributed by atoms with Gasteiger partial charge in [0.1, 0.15) is 17.1 Å². The van der Waals surface area contributed by atoms with Crippen molar-refractivity contribution >= 4 is 27.9 Å². The molecule has 0 saturated heterocycles. The number of aryl methyl sites for hydroxylation is 2. The Kier molecular flexibility index (Phi) is 3.23. The molecule has 0 amide bonds. The van der Waals surface area contributed by atoms with Crippen LogP contribution in [0.25, 0.3) is 27.9 Å². The van der Waals surface area contributed by atoms with Crippen molar-refractivity contribution in [3.05, 3.63) is 51.7 Å². The average Bonchev–Trinajstić information content (AvgIpc) is 2.56. The van der Waals surface area contributed by atoms with Crippen molar-refractivity contribution in [3.63, 3.8) is 0 Å². The zero-order valence-corrected chi connectivity index (χ0v) is 15.1. The molecule has 0 saturated carbocycles. The van der Waals surface area contributed by atoms with Crippen LogP contribution in [-0.2, 0) is 7.05 Å². The number of hydrogen-bond acceptors (Lipinski definition) is 3. The van der Waals surface area contributed by atoms with E-state index in [1.807, 2.05) is 64.2 Å². The number of ether oxygens (including phenoxy) is 2. The van der Waals surface area contributed by atoms with E-state index in [-0.39, 0.29) is 5.43 Å². The second kappa shape index (κ2) is 5.12. The van der Waals surface area contributed by atoms with Gasteiger partial charge < -0.3 is 14.0 Å². The molecule has 0 aliphatic carbocycles. The van der Waals surface area contributed by atoms with Crippen LogP contribution >= 0.6 is 0 Å². The SMILES string of the molecule is COc1cc2c(c3c1c(=O)c1c(C)cccc1n3C)C=CC(C)(C)O2. The lowest BCUT2D eigenvalue weighted by atomic mass is 9.97. The first-order valence-corrected chi connectivity index (χ1v) is 8.35. The van der Waals surface area contributed by atoms with Gasteiger partial charge in [0, 0.05) is 24.1 Å². The third-order valence-corrected chi connectivity index (χ3v) is 4.91. The molecular formula is C21H21NO3. The van der Waals surface area contributed by atoms with Gasteiger partial charge in [0.2, 0.25) is 5.43 Å². The van der Waals surface area contributed by atoms with Gasteiger partial charge in [-0.2, -0.15) is 0 Å². The van der Waals surface area contributed by atoms with Gasteiger partial charge in [-0.05, 0) is 44.6 Å². The van der Waals surface area contributed by atoms with E-state index in [4.69, 9.17) is 9.47 Å². The Hall–Kier alpha value is -2.75. The molecule has 0 radical (unpaired) electrons. The van der Waals surface area contributed by atoms with Crippen LogP contribution in [0, 0.1) is 6.92 Å². The number of benzene rings is 2. The molecule has 4 nitrogen and oxygen atoms in total. The third-order valence-electron chi connectivity index (χ3n) is 4.91. The van der Waals surface area contributed by atoms with E-state index in [0.29, 0.717) is 11.1 Å². The van der Waals surface area contributed by atoms with Gasteiger partial charge in [-0.3, -0.25) is 4.79 Å². The van der Waals surface area contributed by atoms with Crippen LogP contribution < -0.4 is 14.9 Å². The largest absolute Gasteiger partial charge is 0.496 e. The predicted octanol–water partition coefficient (Wildman–Crippen LogP) is 4.19. The smallest absolute Gasteiger partial charge is 0.201 e. The highest BCUT2D eigenvalue weighted by molar-refractivity contribution is 6.02. The Labute approximate surface area is 146 Å². The maximum atomic E-state index is 13.3. The highest BCUT2D eigenvalue weighted by Gasteiger charge is 2.27. The number of methoxy groups -OCH3 is 1. The standard InChI is InChI=1S/C21H21NO3/c1-12-7-6-8-14-17(12)20(23)18-16(24-5)11-15-13(19(18)22(14)4)9-10-21(2,3)25-15/h6-11H,1-5H3. The molecule has 4 heteroatoms. The minimum Gasteiger partial charge on any atom is -0.496 e. The summed E-state index contributed by atoms with van der Waals surface area (Å²) < 4.78 is 13.7. The van der Waals surface area contributed by atoms with Gasteiger partial charge in [0.15, 0.2) is 0 Å². The van der Waals surface area contributed by atoms with E-state index >= 15 is 0 Å². The molecule has 2 aromatic carbocycles. The molecule has 0 N–H and O–H groups in total. The van der Waals surface area contributed by atoms with E-state index in [0.717, 1.165) is 33.3 Å². The summed E-state index contributed by atoms with van der Waals surface area (Å²) in [6.45, 7) is 5.98. The van der Waals surface area contributed by atoms with Crippen molar-refractivity contribution < 1.29 is 9.47 Å². The highest BCUT2D eigenvalue weighted by atomic mass is 16.5. The molecule has 25 heavy (non-hydrogen) atoms. The van der Waals surface area contributed by atoms with Crippen LogP contribution in [0.1, 0.15) is 25.0 Å². The summed E-state index contributed by atoms with van der Waals surface area (Å²) in [5.74, 6) is 1.28. The van der Waals surface area contributed by atoms with E-state index in [2.05, 4.69) is 4.57 Å². The van der Waals surface area contributed by atoms with Crippen molar-refractivity contribution in [2.75, 3.05) is 7.11 Å². The van der Waals surface area contributed by atoms with Crippen LogP contribution in [0.5, 0.6) is 11.5 Å². The molecule has 2 heterocycles. The average molecular weight is 335 g/mol. The van der Waals surface area contributed by atoms with Gasteiger partial charge in [-0.15, -0.1) is 0 Å². The van der Waals surface area contributed by atoms with Gasteiger partial charge in [0.25, 0.3) is 0 Å². The quantitative estimate of drug-likeness (QED) is 0.626. The lowest BCUT2D eigenvalue weighted by Gasteiger charge is -2.29. The monoisotopic (exact) mass is 335 g/mol. The zero-order valence-electron chi connectivity index (χ0n) is 15.1. The van der Waals surface area contributed by atoms with Crippen molar-refractivity contribution in [1.82, 2.24) is 4.57 Å². The Morgan fingerprint density at radius 2 is 1.96 bits per heavy atom. The number of aromatic nitrogens is 1. The number of rotatable bonds is 1. The van der Waals surface area contributed by atoms with Gasteiger partial charge in [0.05, 0.1) is 23.5 Å². The van der Waals surface area contributed by atoms with Crippen molar-refractivity contribution in [1.29, 1.82) is 0 Å². The molecule has 1 aliphatic heterocycles. The van der Waals surface area contributed by atoms with Crippen LogP contribution in [0.2, 0.25) is 0 Å². The molecule has 1 aromatic heterocycles. The van der Waals surface area contributed by atoms with Crippen molar-refractivity contribution in [2.45, 2.75) is 26.4 Å². The summed E-state index contributed by atoms with van der Waals surface area (Å²) in [5, 5.41) is 1.33.